The molecule has 0 aliphatic carbocycles. The molecule has 21 heavy (non-hydrogen) atoms. The Balaban J connectivity index is 1.90. The molecule has 0 spiro atoms. The zero-order chi connectivity index (χ0) is 15.2. The van der Waals surface area contributed by atoms with Crippen molar-refractivity contribution >= 4 is 17.2 Å². The Morgan fingerprint density at radius 3 is 2.76 bits per heavy atom. The molecule has 2 aliphatic rings. The number of fused-ring (bicyclic) bond motifs is 1. The molecule has 112 valence electrons. The number of aromatic nitrogens is 1. The largest absolute Gasteiger partial charge is 0.405 e. The summed E-state index contributed by atoms with van der Waals surface area (Å²) in [5.41, 5.74) is 1.45. The van der Waals surface area contributed by atoms with Gasteiger partial charge in [0.15, 0.2) is 0 Å². The minimum atomic E-state index is -4.27. The quantitative estimate of drug-likeness (QED) is 0.840. The number of hydrogen-bond acceptors (Lipinski definition) is 5. The van der Waals surface area contributed by atoms with Crippen LogP contribution in [0.5, 0.6) is 0 Å². The standard InChI is InChI=1S/C13H13F3N4S/c1-8-7-10(11-3-5-17-21-11)18-12-4-6-19(20(8)12)9(2)13(14,15)16/h3-5,7,9H,6H2,1-2H3. The van der Waals surface area contributed by atoms with Crippen LogP contribution < -0.4 is 0 Å². The Labute approximate surface area is 124 Å². The molecule has 3 rings (SSSR count). The summed E-state index contributed by atoms with van der Waals surface area (Å²) in [6.45, 7) is 3.14. The van der Waals surface area contributed by atoms with Crippen LogP contribution >= 0.6 is 11.5 Å². The summed E-state index contributed by atoms with van der Waals surface area (Å²) < 4.78 is 42.8. The van der Waals surface area contributed by atoms with Crippen molar-refractivity contribution in [2.75, 3.05) is 6.54 Å². The second-order valence-corrected chi connectivity index (χ2v) is 5.71. The van der Waals surface area contributed by atoms with Crippen LogP contribution in [0.2, 0.25) is 0 Å². The molecule has 2 aliphatic heterocycles. The third-order valence-corrected chi connectivity index (χ3v) is 4.23. The first kappa shape index (κ1) is 14.3. The zero-order valence-electron chi connectivity index (χ0n) is 11.4. The molecule has 3 heterocycles. The minimum absolute atomic E-state index is 0.195. The lowest BCUT2D eigenvalue weighted by molar-refractivity contribution is -0.201. The molecule has 0 N–H and O–H groups in total. The molecule has 1 aromatic rings. The smallest absolute Gasteiger partial charge is 0.261 e. The Morgan fingerprint density at radius 2 is 2.14 bits per heavy atom. The molecule has 0 saturated carbocycles. The molecule has 8 heteroatoms. The van der Waals surface area contributed by atoms with Crippen molar-refractivity contribution in [3.8, 4) is 0 Å². The summed E-state index contributed by atoms with van der Waals surface area (Å²) >= 11 is 1.31. The van der Waals surface area contributed by atoms with Crippen molar-refractivity contribution in [2.24, 2.45) is 4.99 Å². The van der Waals surface area contributed by atoms with Crippen LogP contribution in [-0.4, -0.2) is 38.9 Å². The Kier molecular flexibility index (Phi) is 3.37. The topological polar surface area (TPSA) is 31.7 Å². The molecule has 4 nitrogen and oxygen atoms in total. The second kappa shape index (κ2) is 4.96. The minimum Gasteiger partial charge on any atom is -0.261 e. The first-order chi connectivity index (χ1) is 9.88. The number of nitrogens with zero attached hydrogens (tertiary/aromatic N) is 4. The van der Waals surface area contributed by atoms with E-state index in [0.29, 0.717) is 11.5 Å². The molecular weight excluding hydrogens is 301 g/mol. The summed E-state index contributed by atoms with van der Waals surface area (Å²) in [4.78, 5) is 5.34. The number of halogens is 3. The van der Waals surface area contributed by atoms with Crippen LogP contribution in [0.3, 0.4) is 0 Å². The van der Waals surface area contributed by atoms with Crippen molar-refractivity contribution < 1.29 is 13.2 Å². The normalized spacial score (nSPS) is 20.8. The highest BCUT2D eigenvalue weighted by Gasteiger charge is 2.45. The number of alkyl halides is 3. The van der Waals surface area contributed by atoms with Gasteiger partial charge in [0, 0.05) is 18.4 Å². The third-order valence-electron chi connectivity index (χ3n) is 3.46. The van der Waals surface area contributed by atoms with E-state index in [1.54, 1.807) is 25.3 Å². The highest BCUT2D eigenvalue weighted by Crippen LogP contribution is 2.34. The number of aliphatic imine (C=N–C) groups is 1. The summed E-state index contributed by atoms with van der Waals surface area (Å²) in [6, 6.07) is 0.281. The Bertz CT molecular complexity index is 630. The highest BCUT2D eigenvalue weighted by atomic mass is 32.1. The monoisotopic (exact) mass is 314 g/mol. The molecule has 1 aromatic heterocycles. The van der Waals surface area contributed by atoms with Crippen LogP contribution in [0, 0.1) is 0 Å². The zero-order valence-corrected chi connectivity index (χ0v) is 12.2. The summed E-state index contributed by atoms with van der Waals surface area (Å²) in [5.74, 6) is 0.537. The van der Waals surface area contributed by atoms with Gasteiger partial charge in [-0.05, 0) is 43.6 Å². The van der Waals surface area contributed by atoms with Crippen LogP contribution in [0.4, 0.5) is 13.2 Å². The van der Waals surface area contributed by atoms with Gasteiger partial charge in [-0.3, -0.25) is 5.01 Å². The van der Waals surface area contributed by atoms with Crippen molar-refractivity contribution in [3.63, 3.8) is 0 Å². The molecular formula is C13H13F3N4S. The van der Waals surface area contributed by atoms with E-state index >= 15 is 0 Å². The van der Waals surface area contributed by atoms with Crippen LogP contribution in [0.15, 0.2) is 40.9 Å². The predicted octanol–water partition coefficient (Wildman–Crippen LogP) is 3.17. The van der Waals surface area contributed by atoms with E-state index in [4.69, 9.17) is 0 Å². The van der Waals surface area contributed by atoms with Gasteiger partial charge in [0.1, 0.15) is 11.9 Å². The number of rotatable bonds is 2. The fourth-order valence-electron chi connectivity index (χ4n) is 2.34. The van der Waals surface area contributed by atoms with Gasteiger partial charge in [-0.1, -0.05) is 0 Å². The van der Waals surface area contributed by atoms with Crippen molar-refractivity contribution in [3.05, 3.63) is 40.8 Å². The van der Waals surface area contributed by atoms with Gasteiger partial charge >= 0.3 is 6.18 Å². The average molecular weight is 314 g/mol. The van der Waals surface area contributed by atoms with Crippen LogP contribution in [-0.2, 0) is 0 Å². The molecule has 1 atom stereocenters. The molecule has 0 aromatic carbocycles. The lowest BCUT2D eigenvalue weighted by Gasteiger charge is -2.37. The second-order valence-electron chi connectivity index (χ2n) is 4.87. The van der Waals surface area contributed by atoms with Gasteiger partial charge in [0.25, 0.3) is 0 Å². The van der Waals surface area contributed by atoms with Gasteiger partial charge in [0.05, 0.1) is 10.6 Å². The van der Waals surface area contributed by atoms with E-state index in [9.17, 15) is 13.2 Å². The fraction of sp³-hybridized carbons (Fsp3) is 0.385. The summed E-state index contributed by atoms with van der Waals surface area (Å²) in [7, 11) is 0. The number of hydrazine groups is 1. The molecule has 0 amide bonds. The maximum Gasteiger partial charge on any atom is 0.405 e. The average Bonchev–Trinajstić information content (AvgIpc) is 3.05. The predicted molar refractivity (Wildman–Crippen MR) is 74.6 cm³/mol. The lowest BCUT2D eigenvalue weighted by Crippen LogP contribution is -2.49. The van der Waals surface area contributed by atoms with Crippen LogP contribution in [0.25, 0.3) is 0 Å². The maximum absolute atomic E-state index is 12.9. The van der Waals surface area contributed by atoms with Gasteiger partial charge in [-0.15, -0.1) is 0 Å². The van der Waals surface area contributed by atoms with Gasteiger partial charge in [-0.2, -0.15) is 18.2 Å². The van der Waals surface area contributed by atoms with E-state index in [2.05, 4.69) is 9.37 Å². The van der Waals surface area contributed by atoms with E-state index in [-0.39, 0.29) is 6.54 Å². The summed E-state index contributed by atoms with van der Waals surface area (Å²) in [6.07, 6.45) is 0.899. The van der Waals surface area contributed by atoms with Crippen LogP contribution in [0.1, 0.15) is 18.7 Å². The molecule has 0 fully saturated rings. The van der Waals surface area contributed by atoms with Crippen molar-refractivity contribution in [2.45, 2.75) is 26.1 Å². The van der Waals surface area contributed by atoms with E-state index < -0.39 is 12.2 Å². The van der Waals surface area contributed by atoms with Crippen molar-refractivity contribution in [1.82, 2.24) is 14.4 Å². The van der Waals surface area contributed by atoms with Gasteiger partial charge in [0.2, 0.25) is 0 Å². The first-order valence-electron chi connectivity index (χ1n) is 6.39. The number of allylic oxidation sites excluding steroid dienone is 2. The Hall–Kier alpha value is -1.67. The van der Waals surface area contributed by atoms with E-state index in [1.165, 1.54) is 21.6 Å². The maximum atomic E-state index is 12.9. The van der Waals surface area contributed by atoms with Crippen molar-refractivity contribution in [1.29, 1.82) is 0 Å². The lowest BCUT2D eigenvalue weighted by atomic mass is 10.2. The van der Waals surface area contributed by atoms with E-state index in [1.807, 2.05) is 6.07 Å². The van der Waals surface area contributed by atoms with Gasteiger partial charge in [-0.25, -0.2) is 9.37 Å². The SMILES string of the molecule is CC1=CC(c2ccns2)=NC2=CCN(C(C)C(F)(F)F)N12. The molecule has 0 radical (unpaired) electrons. The first-order valence-corrected chi connectivity index (χ1v) is 7.17. The third kappa shape index (κ3) is 2.49. The highest BCUT2D eigenvalue weighted by molar-refractivity contribution is 7.08. The number of hydrogen-bond donors (Lipinski definition) is 0. The Morgan fingerprint density at radius 1 is 1.38 bits per heavy atom. The molecule has 1 unspecified atom stereocenters. The molecule has 0 bridgehead atoms. The fourth-order valence-corrected chi connectivity index (χ4v) is 2.90. The van der Waals surface area contributed by atoms with Gasteiger partial charge < -0.3 is 0 Å². The van der Waals surface area contributed by atoms with E-state index in [0.717, 1.165) is 17.5 Å². The summed E-state index contributed by atoms with van der Waals surface area (Å²) in [5, 5.41) is 2.80. The molecule has 0 saturated heterocycles.